The molecule has 186 valence electrons. The van der Waals surface area contributed by atoms with Gasteiger partial charge in [0, 0.05) is 24.5 Å². The molecule has 36 heavy (non-hydrogen) atoms. The smallest absolute Gasteiger partial charge is 0.295 e. The van der Waals surface area contributed by atoms with Crippen LogP contribution in [0.2, 0.25) is 0 Å². The van der Waals surface area contributed by atoms with Crippen molar-refractivity contribution in [3.63, 3.8) is 0 Å². The summed E-state index contributed by atoms with van der Waals surface area (Å²) >= 11 is 0. The standard InChI is InChI=1S/C29H30N2O5/c1-3-5-16-36-23-13-11-21(12-14-23)26-25(27(32)22-9-6-10-24(17-22)35-4-2)28(33)29(34)31(26)19-20-8-7-15-30-18-20/h6-15,17-18,26,32H,3-5,16,19H2,1-2H3. The number of carbonyl (C=O) groups excluding carboxylic acids is 2. The highest BCUT2D eigenvalue weighted by Gasteiger charge is 2.46. The molecule has 7 nitrogen and oxygen atoms in total. The van der Waals surface area contributed by atoms with Crippen molar-refractivity contribution in [1.29, 1.82) is 0 Å². The molecule has 0 saturated carbocycles. The van der Waals surface area contributed by atoms with E-state index in [0.29, 0.717) is 35.8 Å². The highest BCUT2D eigenvalue weighted by atomic mass is 16.5. The van der Waals surface area contributed by atoms with E-state index in [-0.39, 0.29) is 17.9 Å². The van der Waals surface area contributed by atoms with Gasteiger partial charge in [-0.1, -0.05) is 43.7 Å². The van der Waals surface area contributed by atoms with Crippen LogP contribution in [0.5, 0.6) is 11.5 Å². The molecule has 4 rings (SSSR count). The number of hydrogen-bond donors (Lipinski definition) is 1. The normalized spacial score (nSPS) is 16.8. The lowest BCUT2D eigenvalue weighted by Gasteiger charge is -2.25. The summed E-state index contributed by atoms with van der Waals surface area (Å²) in [7, 11) is 0. The summed E-state index contributed by atoms with van der Waals surface area (Å²) < 4.78 is 11.3. The third-order valence-corrected chi connectivity index (χ3v) is 6.00. The van der Waals surface area contributed by atoms with Crippen molar-refractivity contribution in [1.82, 2.24) is 9.88 Å². The second-order valence-electron chi connectivity index (χ2n) is 8.52. The fraction of sp³-hybridized carbons (Fsp3) is 0.276. The van der Waals surface area contributed by atoms with Crippen LogP contribution < -0.4 is 9.47 Å². The van der Waals surface area contributed by atoms with E-state index in [1.54, 1.807) is 42.7 Å². The molecular formula is C29H30N2O5. The summed E-state index contributed by atoms with van der Waals surface area (Å²) in [5.41, 5.74) is 1.92. The molecule has 1 amide bonds. The Hall–Kier alpha value is -4.13. The number of ether oxygens (including phenoxy) is 2. The van der Waals surface area contributed by atoms with E-state index in [1.807, 2.05) is 37.3 Å². The van der Waals surface area contributed by atoms with Crippen molar-refractivity contribution in [2.45, 2.75) is 39.3 Å². The van der Waals surface area contributed by atoms with Crippen LogP contribution in [0.1, 0.15) is 49.4 Å². The number of aliphatic hydroxyl groups is 1. The number of nitrogens with zero attached hydrogens (tertiary/aromatic N) is 2. The molecule has 0 aliphatic carbocycles. The van der Waals surface area contributed by atoms with Gasteiger partial charge in [-0.05, 0) is 54.8 Å². The monoisotopic (exact) mass is 486 g/mol. The summed E-state index contributed by atoms with van der Waals surface area (Å²) in [6.07, 6.45) is 5.30. The maximum absolute atomic E-state index is 13.3. The van der Waals surface area contributed by atoms with Crippen molar-refractivity contribution in [2.75, 3.05) is 13.2 Å². The molecule has 1 aliphatic rings. The number of carbonyl (C=O) groups is 2. The minimum Gasteiger partial charge on any atom is -0.507 e. The van der Waals surface area contributed by atoms with Gasteiger partial charge in [0.1, 0.15) is 17.3 Å². The Morgan fingerprint density at radius 3 is 2.50 bits per heavy atom. The molecule has 7 heteroatoms. The van der Waals surface area contributed by atoms with Crippen molar-refractivity contribution < 1.29 is 24.2 Å². The molecule has 1 unspecified atom stereocenters. The van der Waals surface area contributed by atoms with E-state index in [9.17, 15) is 14.7 Å². The van der Waals surface area contributed by atoms with Crippen molar-refractivity contribution in [3.8, 4) is 11.5 Å². The highest BCUT2D eigenvalue weighted by molar-refractivity contribution is 6.46. The van der Waals surface area contributed by atoms with Gasteiger partial charge in [0.15, 0.2) is 0 Å². The number of benzene rings is 2. The van der Waals surface area contributed by atoms with Crippen LogP contribution in [0.25, 0.3) is 5.76 Å². The number of likely N-dealkylation sites (tertiary alicyclic amines) is 1. The Kier molecular flexibility index (Phi) is 8.00. The van der Waals surface area contributed by atoms with Gasteiger partial charge < -0.3 is 19.5 Å². The average Bonchev–Trinajstić information content (AvgIpc) is 3.15. The summed E-state index contributed by atoms with van der Waals surface area (Å²) in [6, 6.07) is 17.0. The number of amides is 1. The Bertz CT molecular complexity index is 1240. The number of hydrogen-bond acceptors (Lipinski definition) is 6. The molecule has 3 aromatic rings. The lowest BCUT2D eigenvalue weighted by Crippen LogP contribution is -2.29. The molecule has 1 saturated heterocycles. The van der Waals surface area contributed by atoms with Crippen LogP contribution in [-0.4, -0.2) is 39.9 Å². The summed E-state index contributed by atoms with van der Waals surface area (Å²) in [5.74, 6) is -0.366. The van der Waals surface area contributed by atoms with Crippen molar-refractivity contribution in [2.24, 2.45) is 0 Å². The van der Waals surface area contributed by atoms with Gasteiger partial charge in [-0.3, -0.25) is 14.6 Å². The molecule has 1 aliphatic heterocycles. The molecule has 2 heterocycles. The Labute approximate surface area is 211 Å². The van der Waals surface area contributed by atoms with E-state index in [2.05, 4.69) is 11.9 Å². The predicted molar refractivity (Wildman–Crippen MR) is 137 cm³/mol. The molecule has 2 aromatic carbocycles. The fourth-order valence-corrected chi connectivity index (χ4v) is 4.21. The zero-order chi connectivity index (χ0) is 25.5. The Morgan fingerprint density at radius 1 is 1.00 bits per heavy atom. The second-order valence-corrected chi connectivity index (χ2v) is 8.52. The van der Waals surface area contributed by atoms with E-state index in [0.717, 1.165) is 18.4 Å². The van der Waals surface area contributed by atoms with E-state index in [1.165, 1.54) is 4.90 Å². The molecule has 1 atom stereocenters. The largest absolute Gasteiger partial charge is 0.507 e. The minimum absolute atomic E-state index is 0.0391. The molecule has 0 bridgehead atoms. The van der Waals surface area contributed by atoms with Gasteiger partial charge in [0.2, 0.25) is 0 Å². The Morgan fingerprint density at radius 2 is 1.81 bits per heavy atom. The third-order valence-electron chi connectivity index (χ3n) is 6.00. The topological polar surface area (TPSA) is 89.0 Å². The Balaban J connectivity index is 1.77. The molecular weight excluding hydrogens is 456 g/mol. The number of ketones is 1. The van der Waals surface area contributed by atoms with Gasteiger partial charge >= 0.3 is 0 Å². The van der Waals surface area contributed by atoms with E-state index < -0.39 is 17.7 Å². The first-order valence-corrected chi connectivity index (χ1v) is 12.2. The van der Waals surface area contributed by atoms with Crippen LogP contribution in [-0.2, 0) is 16.1 Å². The average molecular weight is 487 g/mol. The van der Waals surface area contributed by atoms with Gasteiger partial charge in [0.25, 0.3) is 11.7 Å². The van der Waals surface area contributed by atoms with Gasteiger partial charge in [-0.2, -0.15) is 0 Å². The van der Waals surface area contributed by atoms with E-state index >= 15 is 0 Å². The summed E-state index contributed by atoms with van der Waals surface area (Å²) in [4.78, 5) is 32.1. The van der Waals surface area contributed by atoms with Gasteiger partial charge in [-0.25, -0.2) is 0 Å². The molecule has 0 spiro atoms. The number of aromatic nitrogens is 1. The SMILES string of the molecule is CCCCOc1ccc(C2C(=C(O)c3cccc(OCC)c3)C(=O)C(=O)N2Cc2cccnc2)cc1. The zero-order valence-corrected chi connectivity index (χ0v) is 20.5. The van der Waals surface area contributed by atoms with Gasteiger partial charge in [-0.15, -0.1) is 0 Å². The van der Waals surface area contributed by atoms with Crippen molar-refractivity contribution >= 4 is 17.4 Å². The third kappa shape index (κ3) is 5.40. The quantitative estimate of drug-likeness (QED) is 0.182. The van der Waals surface area contributed by atoms with Crippen molar-refractivity contribution in [3.05, 3.63) is 95.3 Å². The second kappa shape index (κ2) is 11.5. The lowest BCUT2D eigenvalue weighted by molar-refractivity contribution is -0.140. The van der Waals surface area contributed by atoms with Crippen LogP contribution in [0.15, 0.2) is 78.6 Å². The van der Waals surface area contributed by atoms with Crippen LogP contribution in [0.3, 0.4) is 0 Å². The lowest BCUT2D eigenvalue weighted by atomic mass is 9.95. The minimum atomic E-state index is -0.773. The first kappa shape index (κ1) is 25.0. The summed E-state index contributed by atoms with van der Waals surface area (Å²) in [6.45, 7) is 5.22. The molecule has 0 radical (unpaired) electrons. The highest BCUT2D eigenvalue weighted by Crippen LogP contribution is 2.41. The molecule has 1 aromatic heterocycles. The number of Topliss-reactive ketones (excluding diaryl/α,β-unsaturated/α-hetero) is 1. The van der Waals surface area contributed by atoms with Crippen LogP contribution in [0, 0.1) is 0 Å². The molecule has 1 N–H and O–H groups in total. The van der Waals surface area contributed by atoms with E-state index in [4.69, 9.17) is 9.47 Å². The fourth-order valence-electron chi connectivity index (χ4n) is 4.21. The van der Waals surface area contributed by atoms with Crippen LogP contribution in [0.4, 0.5) is 0 Å². The maximum atomic E-state index is 13.3. The molecule has 1 fully saturated rings. The first-order valence-electron chi connectivity index (χ1n) is 12.2. The number of pyridine rings is 1. The number of aliphatic hydroxyl groups excluding tert-OH is 1. The zero-order valence-electron chi connectivity index (χ0n) is 20.5. The number of unbranched alkanes of at least 4 members (excludes halogenated alkanes) is 1. The summed E-state index contributed by atoms with van der Waals surface area (Å²) in [5, 5.41) is 11.3. The predicted octanol–water partition coefficient (Wildman–Crippen LogP) is 5.28. The first-order chi connectivity index (χ1) is 17.5. The number of rotatable bonds is 10. The van der Waals surface area contributed by atoms with Gasteiger partial charge in [0.05, 0.1) is 24.8 Å². The van der Waals surface area contributed by atoms with Crippen LogP contribution >= 0.6 is 0 Å². The maximum Gasteiger partial charge on any atom is 0.295 e.